The van der Waals surface area contributed by atoms with Gasteiger partial charge in [0, 0.05) is 6.07 Å². The van der Waals surface area contributed by atoms with Gasteiger partial charge in [0.25, 0.3) is 0 Å². The maximum atomic E-state index is 12.9. The minimum absolute atomic E-state index is 0.230. The molecule has 0 unspecified atom stereocenters. The molecule has 0 fully saturated rings. The van der Waals surface area contributed by atoms with E-state index in [1.54, 1.807) is 30.3 Å². The van der Waals surface area contributed by atoms with Crippen molar-refractivity contribution in [2.24, 2.45) is 5.73 Å². The van der Waals surface area contributed by atoms with Gasteiger partial charge in [-0.15, -0.1) is 13.2 Å². The third-order valence-electron chi connectivity index (χ3n) is 5.54. The number of aryl methyl sites for hydroxylation is 1. The Kier molecular flexibility index (Phi) is 6.70. The van der Waals surface area contributed by atoms with E-state index in [1.807, 2.05) is 0 Å². The van der Waals surface area contributed by atoms with Gasteiger partial charge in [0.15, 0.2) is 0 Å². The highest BCUT2D eigenvalue weighted by atomic mass is 19.4. The summed E-state index contributed by atoms with van der Waals surface area (Å²) in [6.07, 6.45) is -4.01. The molecule has 0 saturated heterocycles. The van der Waals surface area contributed by atoms with Crippen LogP contribution in [-0.2, 0) is 6.42 Å². The Bertz CT molecular complexity index is 1390. The molecule has 1 aromatic heterocycles. The van der Waals surface area contributed by atoms with Crippen molar-refractivity contribution >= 4 is 21.9 Å². The summed E-state index contributed by atoms with van der Waals surface area (Å²) in [7, 11) is 0. The van der Waals surface area contributed by atoms with E-state index in [-0.39, 0.29) is 35.7 Å². The number of aliphatic hydroxyl groups excluding tert-OH is 2. The molecule has 0 amide bonds. The molecule has 10 heteroatoms. The van der Waals surface area contributed by atoms with E-state index in [1.165, 1.54) is 18.2 Å². The summed E-state index contributed by atoms with van der Waals surface area (Å²) in [5.74, 6) is 0.211. The SMILES string of the molecule is NC(CO)(CO)CCc1ccc2c(=O)c3ccc(Oc4ccc(OC(F)(F)F)cc4)cc3oc2c1. The normalized spacial score (nSPS) is 12.3. The van der Waals surface area contributed by atoms with Crippen LogP contribution in [0.3, 0.4) is 0 Å². The second-order valence-electron chi connectivity index (χ2n) is 8.22. The lowest BCUT2D eigenvalue weighted by molar-refractivity contribution is -0.274. The minimum Gasteiger partial charge on any atom is -0.457 e. The van der Waals surface area contributed by atoms with Gasteiger partial charge in [-0.25, -0.2) is 0 Å². The fraction of sp³-hybridized carbons (Fsp3) is 0.240. The number of nitrogens with two attached hydrogens (primary N) is 1. The van der Waals surface area contributed by atoms with Crippen LogP contribution in [0.4, 0.5) is 13.2 Å². The molecule has 0 bridgehead atoms. The highest BCUT2D eigenvalue weighted by Gasteiger charge is 2.31. The summed E-state index contributed by atoms with van der Waals surface area (Å²) in [5, 5.41) is 19.5. The van der Waals surface area contributed by atoms with Gasteiger partial charge < -0.3 is 29.8 Å². The summed E-state index contributed by atoms with van der Waals surface area (Å²) in [6.45, 7) is -0.727. The molecule has 3 aromatic carbocycles. The first-order valence-electron chi connectivity index (χ1n) is 10.6. The topological polar surface area (TPSA) is 115 Å². The Morgan fingerprint density at radius 2 is 1.40 bits per heavy atom. The largest absolute Gasteiger partial charge is 0.573 e. The number of ether oxygens (including phenoxy) is 2. The molecule has 184 valence electrons. The second kappa shape index (κ2) is 9.57. The predicted molar refractivity (Wildman–Crippen MR) is 123 cm³/mol. The third kappa shape index (κ3) is 5.73. The average Bonchev–Trinajstić information content (AvgIpc) is 2.83. The summed E-state index contributed by atoms with van der Waals surface area (Å²) >= 11 is 0. The first-order valence-corrected chi connectivity index (χ1v) is 10.6. The molecule has 0 radical (unpaired) electrons. The molecule has 0 aliphatic rings. The van der Waals surface area contributed by atoms with Crippen molar-refractivity contribution in [2.75, 3.05) is 13.2 Å². The number of aliphatic hydroxyl groups is 2. The molecule has 0 aliphatic heterocycles. The number of rotatable bonds is 8. The Hall–Kier alpha value is -3.60. The van der Waals surface area contributed by atoms with E-state index < -0.39 is 11.9 Å². The van der Waals surface area contributed by atoms with Crippen LogP contribution in [0.15, 0.2) is 69.9 Å². The van der Waals surface area contributed by atoms with E-state index in [4.69, 9.17) is 14.9 Å². The van der Waals surface area contributed by atoms with E-state index in [9.17, 15) is 28.2 Å². The lowest BCUT2D eigenvalue weighted by atomic mass is 9.93. The van der Waals surface area contributed by atoms with Crippen LogP contribution < -0.4 is 20.6 Å². The van der Waals surface area contributed by atoms with Crippen molar-refractivity contribution in [3.63, 3.8) is 0 Å². The Morgan fingerprint density at radius 1 is 0.829 bits per heavy atom. The number of hydrogen-bond acceptors (Lipinski definition) is 7. The molecule has 1 heterocycles. The number of hydrogen-bond donors (Lipinski definition) is 3. The lowest BCUT2D eigenvalue weighted by Gasteiger charge is -2.24. The standard InChI is InChI=1S/C25H22F3NO6/c26-25(27,28)35-17-4-2-16(3-5-17)33-18-6-8-20-22(12-18)34-21-11-15(1-7-19(21)23(20)32)9-10-24(29,13-30)14-31/h1-8,11-12,30-31H,9-10,13-14,29H2. The van der Waals surface area contributed by atoms with Gasteiger partial charge in [-0.1, -0.05) is 6.07 Å². The maximum absolute atomic E-state index is 12.9. The van der Waals surface area contributed by atoms with Crippen molar-refractivity contribution < 1.29 is 37.3 Å². The molecule has 35 heavy (non-hydrogen) atoms. The van der Waals surface area contributed by atoms with Crippen LogP contribution in [0, 0.1) is 0 Å². The molecule has 4 rings (SSSR count). The average molecular weight is 489 g/mol. The number of halogens is 3. The van der Waals surface area contributed by atoms with Gasteiger partial charge in [-0.2, -0.15) is 0 Å². The smallest absolute Gasteiger partial charge is 0.457 e. The van der Waals surface area contributed by atoms with Crippen LogP contribution in [0.5, 0.6) is 17.2 Å². The first kappa shape index (κ1) is 24.5. The third-order valence-corrected chi connectivity index (χ3v) is 5.54. The number of benzene rings is 3. The molecular weight excluding hydrogens is 467 g/mol. The molecule has 4 aromatic rings. The fourth-order valence-corrected chi connectivity index (χ4v) is 3.54. The molecule has 0 aliphatic carbocycles. The summed E-state index contributed by atoms with van der Waals surface area (Å²) in [5.41, 5.74) is 6.02. The van der Waals surface area contributed by atoms with Gasteiger partial charge in [0.2, 0.25) is 5.43 Å². The van der Waals surface area contributed by atoms with Gasteiger partial charge in [0.05, 0.1) is 29.5 Å². The first-order chi connectivity index (χ1) is 16.6. The Balaban J connectivity index is 1.59. The summed E-state index contributed by atoms with van der Waals surface area (Å²) in [4.78, 5) is 12.9. The second-order valence-corrected chi connectivity index (χ2v) is 8.22. The van der Waals surface area contributed by atoms with E-state index >= 15 is 0 Å². The zero-order valence-corrected chi connectivity index (χ0v) is 18.3. The van der Waals surface area contributed by atoms with Gasteiger partial charge in [-0.05, 0) is 66.9 Å². The van der Waals surface area contributed by atoms with Crippen molar-refractivity contribution in [1.82, 2.24) is 0 Å². The van der Waals surface area contributed by atoms with E-state index in [0.29, 0.717) is 34.9 Å². The van der Waals surface area contributed by atoms with E-state index in [2.05, 4.69) is 4.74 Å². The molecule has 0 spiro atoms. The van der Waals surface area contributed by atoms with Gasteiger partial charge in [0.1, 0.15) is 28.4 Å². The van der Waals surface area contributed by atoms with Crippen molar-refractivity contribution in [2.45, 2.75) is 24.7 Å². The van der Waals surface area contributed by atoms with Crippen molar-refractivity contribution in [3.8, 4) is 17.2 Å². The predicted octanol–water partition coefficient (Wildman–Crippen LogP) is 4.25. The molecule has 0 atom stereocenters. The van der Waals surface area contributed by atoms with Crippen LogP contribution in [0.1, 0.15) is 12.0 Å². The van der Waals surface area contributed by atoms with Crippen LogP contribution >= 0.6 is 0 Å². The molecule has 7 nitrogen and oxygen atoms in total. The number of alkyl halides is 3. The maximum Gasteiger partial charge on any atom is 0.573 e. The Morgan fingerprint density at radius 3 is 2.03 bits per heavy atom. The van der Waals surface area contributed by atoms with Crippen molar-refractivity contribution in [1.29, 1.82) is 0 Å². The fourth-order valence-electron chi connectivity index (χ4n) is 3.54. The summed E-state index contributed by atoms with van der Waals surface area (Å²) < 4.78 is 52.4. The quantitative estimate of drug-likeness (QED) is 0.317. The molecular formula is C25H22F3NO6. The monoisotopic (exact) mass is 489 g/mol. The Labute approximate surface area is 197 Å². The summed E-state index contributed by atoms with van der Waals surface area (Å²) in [6, 6.07) is 14.7. The van der Waals surface area contributed by atoms with Crippen LogP contribution in [-0.4, -0.2) is 35.3 Å². The molecule has 0 saturated carbocycles. The minimum atomic E-state index is -4.79. The zero-order valence-electron chi connectivity index (χ0n) is 18.3. The van der Waals surface area contributed by atoms with Crippen LogP contribution in [0.2, 0.25) is 0 Å². The lowest BCUT2D eigenvalue weighted by Crippen LogP contribution is -2.47. The molecule has 4 N–H and O–H groups in total. The van der Waals surface area contributed by atoms with E-state index in [0.717, 1.165) is 17.7 Å². The zero-order chi connectivity index (χ0) is 25.2. The highest BCUT2D eigenvalue weighted by Crippen LogP contribution is 2.30. The highest BCUT2D eigenvalue weighted by molar-refractivity contribution is 5.90. The number of fused-ring (bicyclic) bond motifs is 2. The van der Waals surface area contributed by atoms with Gasteiger partial charge >= 0.3 is 6.36 Å². The van der Waals surface area contributed by atoms with Crippen LogP contribution in [0.25, 0.3) is 21.9 Å². The van der Waals surface area contributed by atoms with Gasteiger partial charge in [-0.3, -0.25) is 4.79 Å². The van der Waals surface area contributed by atoms with Crippen molar-refractivity contribution in [3.05, 3.63) is 76.5 Å².